The smallest absolute Gasteiger partial charge is 0.134 e. The van der Waals surface area contributed by atoms with E-state index in [-0.39, 0.29) is 11.3 Å². The van der Waals surface area contributed by atoms with Gasteiger partial charge in [-0.15, -0.1) is 12.3 Å². The van der Waals surface area contributed by atoms with Crippen LogP contribution in [-0.4, -0.2) is 5.78 Å². The molecule has 0 radical (unpaired) electrons. The van der Waals surface area contributed by atoms with Crippen LogP contribution in [0.3, 0.4) is 0 Å². The highest BCUT2D eigenvalue weighted by atomic mass is 16.1. The molecule has 0 aromatic rings. The Labute approximate surface area is 87.3 Å². The van der Waals surface area contributed by atoms with Crippen molar-refractivity contribution in [3.63, 3.8) is 0 Å². The molecule has 0 saturated heterocycles. The summed E-state index contributed by atoms with van der Waals surface area (Å²) in [6.45, 7) is 6.72. The van der Waals surface area contributed by atoms with E-state index in [1.807, 2.05) is 0 Å². The first-order chi connectivity index (χ1) is 6.51. The van der Waals surface area contributed by atoms with Gasteiger partial charge in [-0.2, -0.15) is 0 Å². The topological polar surface area (TPSA) is 17.1 Å². The molecule has 1 saturated carbocycles. The summed E-state index contributed by atoms with van der Waals surface area (Å²) >= 11 is 0. The lowest BCUT2D eigenvalue weighted by molar-refractivity contribution is -0.123. The van der Waals surface area contributed by atoms with Gasteiger partial charge in [0.25, 0.3) is 0 Å². The molecule has 0 spiro atoms. The van der Waals surface area contributed by atoms with Gasteiger partial charge >= 0.3 is 0 Å². The lowest BCUT2D eigenvalue weighted by Crippen LogP contribution is -2.34. The standard InChI is InChI=1S/C13H20O/c1-5-10-9-11(14)7-8-12(10)13(3,4)6-2/h1,10,12H,6-9H2,2-4H3. The first-order valence-corrected chi connectivity index (χ1v) is 5.49. The van der Waals surface area contributed by atoms with Crippen LogP contribution in [0.25, 0.3) is 0 Å². The van der Waals surface area contributed by atoms with E-state index in [0.29, 0.717) is 18.1 Å². The van der Waals surface area contributed by atoms with Gasteiger partial charge in [-0.25, -0.2) is 0 Å². The first kappa shape index (κ1) is 11.3. The molecule has 1 aliphatic carbocycles. The fourth-order valence-corrected chi connectivity index (χ4v) is 2.38. The van der Waals surface area contributed by atoms with E-state index in [4.69, 9.17) is 6.42 Å². The highest BCUT2D eigenvalue weighted by molar-refractivity contribution is 5.79. The van der Waals surface area contributed by atoms with Crippen molar-refractivity contribution in [1.29, 1.82) is 0 Å². The second-order valence-electron chi connectivity index (χ2n) is 5.00. The summed E-state index contributed by atoms with van der Waals surface area (Å²) in [5.41, 5.74) is 0.276. The van der Waals surface area contributed by atoms with Gasteiger partial charge in [0.15, 0.2) is 0 Å². The Kier molecular flexibility index (Phi) is 3.37. The van der Waals surface area contributed by atoms with E-state index in [0.717, 1.165) is 19.3 Å². The Morgan fingerprint density at radius 3 is 2.71 bits per heavy atom. The molecule has 78 valence electrons. The minimum Gasteiger partial charge on any atom is -0.300 e. The number of hydrogen-bond acceptors (Lipinski definition) is 1. The van der Waals surface area contributed by atoms with Crippen molar-refractivity contribution in [2.24, 2.45) is 17.3 Å². The third-order valence-corrected chi connectivity index (χ3v) is 3.80. The predicted octanol–water partition coefficient (Wildman–Crippen LogP) is 3.04. The molecule has 1 rings (SSSR count). The molecule has 0 aliphatic heterocycles. The molecule has 0 aromatic carbocycles. The molecule has 1 aliphatic rings. The second kappa shape index (κ2) is 4.17. The van der Waals surface area contributed by atoms with Gasteiger partial charge in [-0.3, -0.25) is 4.79 Å². The van der Waals surface area contributed by atoms with E-state index in [2.05, 4.69) is 26.7 Å². The third-order valence-electron chi connectivity index (χ3n) is 3.80. The van der Waals surface area contributed by atoms with E-state index >= 15 is 0 Å². The number of carbonyl (C=O) groups is 1. The van der Waals surface area contributed by atoms with Crippen LogP contribution in [0.15, 0.2) is 0 Å². The number of ketones is 1. The minimum atomic E-state index is 0.172. The number of terminal acetylenes is 1. The Morgan fingerprint density at radius 1 is 1.57 bits per heavy atom. The van der Waals surface area contributed by atoms with Crippen molar-refractivity contribution in [2.45, 2.75) is 46.5 Å². The van der Waals surface area contributed by atoms with E-state index in [1.54, 1.807) is 0 Å². The normalized spacial score (nSPS) is 28.6. The zero-order valence-electron chi connectivity index (χ0n) is 9.47. The fourth-order valence-electron chi connectivity index (χ4n) is 2.38. The van der Waals surface area contributed by atoms with Crippen LogP contribution in [0.2, 0.25) is 0 Å². The van der Waals surface area contributed by atoms with Crippen molar-refractivity contribution >= 4 is 5.78 Å². The molecule has 0 aromatic heterocycles. The van der Waals surface area contributed by atoms with Gasteiger partial charge in [-0.1, -0.05) is 27.2 Å². The number of rotatable bonds is 2. The molecule has 0 bridgehead atoms. The molecular weight excluding hydrogens is 172 g/mol. The van der Waals surface area contributed by atoms with Crippen LogP contribution in [0.5, 0.6) is 0 Å². The monoisotopic (exact) mass is 192 g/mol. The van der Waals surface area contributed by atoms with Crippen molar-refractivity contribution in [3.8, 4) is 12.3 Å². The Balaban J connectivity index is 2.78. The lowest BCUT2D eigenvalue weighted by Gasteiger charge is -2.39. The molecule has 0 amide bonds. The summed E-state index contributed by atoms with van der Waals surface area (Å²) in [4.78, 5) is 11.3. The number of carbonyl (C=O) groups excluding carboxylic acids is 1. The molecule has 1 nitrogen and oxygen atoms in total. The maximum absolute atomic E-state index is 11.3. The average molecular weight is 192 g/mol. The van der Waals surface area contributed by atoms with Crippen molar-refractivity contribution in [3.05, 3.63) is 0 Å². The van der Waals surface area contributed by atoms with Crippen LogP contribution in [0, 0.1) is 29.6 Å². The summed E-state index contributed by atoms with van der Waals surface area (Å²) in [6, 6.07) is 0. The molecule has 2 atom stereocenters. The molecule has 0 N–H and O–H groups in total. The summed E-state index contributed by atoms with van der Waals surface area (Å²) < 4.78 is 0. The zero-order chi connectivity index (χ0) is 10.8. The average Bonchev–Trinajstić information content (AvgIpc) is 2.17. The second-order valence-corrected chi connectivity index (χ2v) is 5.00. The lowest BCUT2D eigenvalue weighted by atomic mass is 9.64. The molecule has 1 heteroatoms. The molecule has 1 fully saturated rings. The minimum absolute atomic E-state index is 0.172. The highest BCUT2D eigenvalue weighted by Crippen LogP contribution is 2.42. The van der Waals surface area contributed by atoms with E-state index in [9.17, 15) is 4.79 Å². The summed E-state index contributed by atoms with van der Waals surface area (Å²) in [6.07, 6.45) is 8.94. The van der Waals surface area contributed by atoms with Crippen LogP contribution in [0.1, 0.15) is 46.5 Å². The van der Waals surface area contributed by atoms with Crippen molar-refractivity contribution in [2.75, 3.05) is 0 Å². The Hall–Kier alpha value is -0.770. The summed E-state index contributed by atoms with van der Waals surface area (Å²) in [7, 11) is 0. The predicted molar refractivity (Wildman–Crippen MR) is 58.7 cm³/mol. The first-order valence-electron chi connectivity index (χ1n) is 5.49. The summed E-state index contributed by atoms with van der Waals surface area (Å²) in [5, 5.41) is 0. The van der Waals surface area contributed by atoms with Gasteiger partial charge < -0.3 is 0 Å². The Bertz CT molecular complexity index is 257. The Morgan fingerprint density at radius 2 is 2.21 bits per heavy atom. The third kappa shape index (κ3) is 2.18. The van der Waals surface area contributed by atoms with E-state index in [1.165, 1.54) is 0 Å². The molecule has 14 heavy (non-hydrogen) atoms. The van der Waals surface area contributed by atoms with Crippen LogP contribution < -0.4 is 0 Å². The van der Waals surface area contributed by atoms with Crippen molar-refractivity contribution in [1.82, 2.24) is 0 Å². The highest BCUT2D eigenvalue weighted by Gasteiger charge is 2.37. The van der Waals surface area contributed by atoms with Gasteiger partial charge in [0, 0.05) is 18.8 Å². The molecule has 2 unspecified atom stereocenters. The largest absolute Gasteiger partial charge is 0.300 e. The fraction of sp³-hybridized carbons (Fsp3) is 0.769. The SMILES string of the molecule is C#CC1CC(=O)CCC1C(C)(C)CC. The van der Waals surface area contributed by atoms with Crippen LogP contribution >= 0.6 is 0 Å². The van der Waals surface area contributed by atoms with E-state index < -0.39 is 0 Å². The van der Waals surface area contributed by atoms with Gasteiger partial charge in [0.1, 0.15) is 5.78 Å². The zero-order valence-corrected chi connectivity index (χ0v) is 9.47. The van der Waals surface area contributed by atoms with Gasteiger partial charge in [0.05, 0.1) is 0 Å². The maximum atomic E-state index is 11.3. The van der Waals surface area contributed by atoms with Gasteiger partial charge in [-0.05, 0) is 17.8 Å². The molecule has 0 heterocycles. The quantitative estimate of drug-likeness (QED) is 0.615. The van der Waals surface area contributed by atoms with Gasteiger partial charge in [0.2, 0.25) is 0 Å². The van der Waals surface area contributed by atoms with Crippen LogP contribution in [-0.2, 0) is 4.79 Å². The summed E-state index contributed by atoms with van der Waals surface area (Å²) in [5.74, 6) is 3.84. The number of Topliss-reactive ketones (excluding diaryl/α,β-unsaturated/α-hetero) is 1. The molecular formula is C13H20O. The van der Waals surface area contributed by atoms with Crippen molar-refractivity contribution < 1.29 is 4.79 Å². The number of hydrogen-bond donors (Lipinski definition) is 0. The van der Waals surface area contributed by atoms with Crippen LogP contribution in [0.4, 0.5) is 0 Å². The maximum Gasteiger partial charge on any atom is 0.134 e.